The molecule has 0 aliphatic rings. The predicted molar refractivity (Wildman–Crippen MR) is 139 cm³/mol. The molecule has 2 heteroatoms. The van der Waals surface area contributed by atoms with Crippen LogP contribution in [-0.4, -0.2) is 20.1 Å². The summed E-state index contributed by atoms with van der Waals surface area (Å²) in [7, 11) is 2.32. The van der Waals surface area contributed by atoms with Gasteiger partial charge in [-0.2, -0.15) is 0 Å². The van der Waals surface area contributed by atoms with Crippen LogP contribution >= 0.6 is 0 Å². The molecular weight excluding hydrogens is 398 g/mol. The molecule has 0 rings (SSSR count). The van der Waals surface area contributed by atoms with E-state index in [0.717, 1.165) is 0 Å². The molecule has 1 nitrogen and oxygen atoms in total. The van der Waals surface area contributed by atoms with Gasteiger partial charge in [-0.05, 0) is 19.8 Å². The summed E-state index contributed by atoms with van der Waals surface area (Å²) in [5.41, 5.74) is 0. The van der Waals surface area contributed by atoms with Gasteiger partial charge >= 0.3 is 0 Å². The minimum atomic E-state index is 0. The highest BCUT2D eigenvalue weighted by Crippen LogP contribution is 2.15. The summed E-state index contributed by atoms with van der Waals surface area (Å²) in [4.78, 5) is 1.69. The number of quaternary nitrogens is 1. The van der Waals surface area contributed by atoms with Crippen LogP contribution in [0.3, 0.4) is 0 Å². The van der Waals surface area contributed by atoms with Crippen molar-refractivity contribution in [3.8, 4) is 0 Å². The summed E-state index contributed by atoms with van der Waals surface area (Å²) in [6.07, 6.45) is 35.4. The summed E-state index contributed by atoms with van der Waals surface area (Å²) >= 11 is 0. The SMILES string of the molecule is CCCCCCCCCCCCCCCCCCCCCCCCCC[NH+](C)CC.[Cl-]. The van der Waals surface area contributed by atoms with E-state index in [-0.39, 0.29) is 12.4 Å². The van der Waals surface area contributed by atoms with E-state index in [4.69, 9.17) is 0 Å². The standard InChI is InChI=1S/C29H61N.ClH/c1-4-6-7-8-9-10-11-12-13-14-15-16-17-18-19-20-21-22-23-24-25-26-27-28-29-30(3)5-2;/h4-29H2,1-3H3;1H. The normalized spacial score (nSPS) is 12.1. The molecule has 0 amide bonds. The van der Waals surface area contributed by atoms with E-state index in [9.17, 15) is 0 Å². The van der Waals surface area contributed by atoms with E-state index in [1.54, 1.807) is 4.90 Å². The Kier molecular flexibility index (Phi) is 32.6. The number of hydrogen-bond acceptors (Lipinski definition) is 0. The van der Waals surface area contributed by atoms with Crippen LogP contribution in [0.1, 0.15) is 168 Å². The Labute approximate surface area is 205 Å². The van der Waals surface area contributed by atoms with E-state index in [2.05, 4.69) is 20.9 Å². The molecule has 190 valence electrons. The van der Waals surface area contributed by atoms with Gasteiger partial charge in [-0.15, -0.1) is 0 Å². The highest BCUT2D eigenvalue weighted by atomic mass is 35.5. The number of hydrogen-bond donors (Lipinski definition) is 1. The second-order valence-corrected chi connectivity index (χ2v) is 10.2. The first-order chi connectivity index (χ1) is 14.8. The summed E-state index contributed by atoms with van der Waals surface area (Å²) in [5.74, 6) is 0. The molecule has 0 fully saturated rings. The van der Waals surface area contributed by atoms with Crippen LogP contribution in [0.4, 0.5) is 0 Å². The molecule has 0 spiro atoms. The summed E-state index contributed by atoms with van der Waals surface area (Å²) in [5, 5.41) is 0. The van der Waals surface area contributed by atoms with Crippen LogP contribution in [0.15, 0.2) is 0 Å². The molecule has 31 heavy (non-hydrogen) atoms. The Bertz CT molecular complexity index is 294. The van der Waals surface area contributed by atoms with Crippen molar-refractivity contribution in [3.05, 3.63) is 0 Å². The molecule has 0 saturated carbocycles. The van der Waals surface area contributed by atoms with Crippen molar-refractivity contribution in [2.75, 3.05) is 20.1 Å². The number of rotatable bonds is 26. The fraction of sp³-hybridized carbons (Fsp3) is 1.00. The minimum Gasteiger partial charge on any atom is -1.00 e. The Morgan fingerprint density at radius 1 is 0.355 bits per heavy atom. The maximum Gasteiger partial charge on any atom is 0.0768 e. The summed E-state index contributed by atoms with van der Waals surface area (Å²) < 4.78 is 0. The Balaban J connectivity index is 0. The Morgan fingerprint density at radius 3 is 0.806 bits per heavy atom. The fourth-order valence-corrected chi connectivity index (χ4v) is 4.57. The zero-order chi connectivity index (χ0) is 22.0. The maximum atomic E-state index is 2.32. The van der Waals surface area contributed by atoms with Crippen LogP contribution in [0.25, 0.3) is 0 Å². The first-order valence-corrected chi connectivity index (χ1v) is 14.6. The van der Waals surface area contributed by atoms with Gasteiger partial charge in [0.1, 0.15) is 0 Å². The van der Waals surface area contributed by atoms with Gasteiger partial charge in [-0.25, -0.2) is 0 Å². The largest absolute Gasteiger partial charge is 1.00 e. The number of halogens is 1. The van der Waals surface area contributed by atoms with Crippen molar-refractivity contribution in [2.45, 2.75) is 168 Å². The first kappa shape index (κ1) is 33.4. The van der Waals surface area contributed by atoms with Crippen molar-refractivity contribution >= 4 is 0 Å². The van der Waals surface area contributed by atoms with Gasteiger partial charge in [0.25, 0.3) is 0 Å². The molecule has 0 bridgehead atoms. The third-order valence-electron chi connectivity index (χ3n) is 7.06. The van der Waals surface area contributed by atoms with Gasteiger partial charge in [-0.3, -0.25) is 0 Å². The van der Waals surface area contributed by atoms with Crippen LogP contribution in [0, 0.1) is 0 Å². The summed E-state index contributed by atoms with van der Waals surface area (Å²) in [6, 6.07) is 0. The molecule has 0 aromatic carbocycles. The number of unbranched alkanes of at least 4 members (excludes halogenated alkanes) is 23. The molecule has 1 unspecified atom stereocenters. The zero-order valence-electron chi connectivity index (χ0n) is 22.3. The zero-order valence-corrected chi connectivity index (χ0v) is 23.0. The maximum absolute atomic E-state index is 2.32. The third kappa shape index (κ3) is 30.2. The van der Waals surface area contributed by atoms with Gasteiger partial charge in [0.05, 0.1) is 20.1 Å². The lowest BCUT2D eigenvalue weighted by atomic mass is 10.0. The molecule has 0 aromatic rings. The highest BCUT2D eigenvalue weighted by Gasteiger charge is 1.98. The van der Waals surface area contributed by atoms with E-state index >= 15 is 0 Å². The van der Waals surface area contributed by atoms with Crippen molar-refractivity contribution in [1.82, 2.24) is 0 Å². The van der Waals surface area contributed by atoms with E-state index in [1.165, 1.54) is 167 Å². The van der Waals surface area contributed by atoms with Crippen LogP contribution < -0.4 is 17.3 Å². The molecule has 0 aliphatic heterocycles. The highest BCUT2D eigenvalue weighted by molar-refractivity contribution is 4.51. The third-order valence-corrected chi connectivity index (χ3v) is 7.06. The lowest BCUT2D eigenvalue weighted by Crippen LogP contribution is -3.08. The van der Waals surface area contributed by atoms with Crippen molar-refractivity contribution in [3.63, 3.8) is 0 Å². The molecule has 1 N–H and O–H groups in total. The lowest BCUT2D eigenvalue weighted by Gasteiger charge is -2.10. The topological polar surface area (TPSA) is 4.44 Å². The molecule has 0 aliphatic carbocycles. The van der Waals surface area contributed by atoms with Gasteiger partial charge < -0.3 is 17.3 Å². The van der Waals surface area contributed by atoms with Crippen molar-refractivity contribution in [2.24, 2.45) is 0 Å². The predicted octanol–water partition coefficient (Wildman–Crippen LogP) is 5.91. The molecule has 1 atom stereocenters. The van der Waals surface area contributed by atoms with Gasteiger partial charge in [0.15, 0.2) is 0 Å². The quantitative estimate of drug-likeness (QED) is 0.153. The second kappa shape index (κ2) is 30.2. The smallest absolute Gasteiger partial charge is 0.0768 e. The lowest BCUT2D eigenvalue weighted by molar-refractivity contribution is -0.877. The van der Waals surface area contributed by atoms with E-state index in [1.807, 2.05) is 0 Å². The molecule has 0 aromatic heterocycles. The molecule has 0 radical (unpaired) electrons. The van der Waals surface area contributed by atoms with Gasteiger partial charge in [-0.1, -0.05) is 148 Å². The molecule has 0 saturated heterocycles. The van der Waals surface area contributed by atoms with Gasteiger partial charge in [0.2, 0.25) is 0 Å². The van der Waals surface area contributed by atoms with Gasteiger partial charge in [0, 0.05) is 0 Å². The monoisotopic (exact) mass is 459 g/mol. The first-order valence-electron chi connectivity index (χ1n) is 14.6. The average Bonchev–Trinajstić information content (AvgIpc) is 2.76. The summed E-state index contributed by atoms with van der Waals surface area (Å²) in [6.45, 7) is 7.24. The minimum absolute atomic E-state index is 0. The van der Waals surface area contributed by atoms with Crippen LogP contribution in [0.2, 0.25) is 0 Å². The second-order valence-electron chi connectivity index (χ2n) is 10.2. The van der Waals surface area contributed by atoms with E-state index < -0.39 is 0 Å². The molecular formula is C29H62ClN. The van der Waals surface area contributed by atoms with E-state index in [0.29, 0.717) is 0 Å². The number of nitrogens with one attached hydrogen (secondary N) is 1. The van der Waals surface area contributed by atoms with Crippen LogP contribution in [0.5, 0.6) is 0 Å². The van der Waals surface area contributed by atoms with Crippen LogP contribution in [-0.2, 0) is 0 Å². The fourth-order valence-electron chi connectivity index (χ4n) is 4.57. The average molecular weight is 460 g/mol. The van der Waals surface area contributed by atoms with Crippen molar-refractivity contribution < 1.29 is 17.3 Å². The Morgan fingerprint density at radius 2 is 0.581 bits per heavy atom. The van der Waals surface area contributed by atoms with Crippen molar-refractivity contribution in [1.29, 1.82) is 0 Å². The molecule has 0 heterocycles. The Hall–Kier alpha value is 0.250.